The van der Waals surface area contributed by atoms with Crippen LogP contribution in [0.15, 0.2) is 22.7 Å². The molecule has 2 unspecified atom stereocenters. The van der Waals surface area contributed by atoms with Crippen LogP contribution in [-0.4, -0.2) is 11.1 Å². The summed E-state index contributed by atoms with van der Waals surface area (Å²) in [6.07, 6.45) is 4.89. The molecule has 17 heavy (non-hydrogen) atoms. The van der Waals surface area contributed by atoms with Gasteiger partial charge in [-0.25, -0.2) is 0 Å². The average Bonchev–Trinajstić information content (AvgIpc) is 2.90. The Labute approximate surface area is 109 Å². The minimum absolute atomic E-state index is 0.201. The van der Waals surface area contributed by atoms with E-state index in [9.17, 15) is 4.79 Å². The molecule has 1 N–H and O–H groups in total. The topological polar surface area (TPSA) is 37.3 Å². The molecule has 1 aromatic rings. The van der Waals surface area contributed by atoms with Crippen LogP contribution in [0.2, 0.25) is 0 Å². The number of carboxylic acid groups (broad SMARTS) is 1. The van der Waals surface area contributed by atoms with Crippen molar-refractivity contribution in [1.29, 1.82) is 0 Å². The fourth-order valence-corrected chi connectivity index (χ4v) is 3.89. The summed E-state index contributed by atoms with van der Waals surface area (Å²) in [5.74, 6) is -0.295. The third-order valence-corrected chi connectivity index (χ3v) is 4.82. The zero-order valence-electron chi connectivity index (χ0n) is 9.58. The SMILES string of the molecule is O=C(O)CC1CC12CCCc1cc(Br)ccc12. The number of halogens is 1. The molecule has 3 rings (SSSR count). The summed E-state index contributed by atoms with van der Waals surface area (Å²) in [4.78, 5) is 10.8. The Morgan fingerprint density at radius 3 is 3.12 bits per heavy atom. The van der Waals surface area contributed by atoms with Crippen LogP contribution in [0, 0.1) is 5.92 Å². The molecule has 1 saturated carbocycles. The van der Waals surface area contributed by atoms with E-state index >= 15 is 0 Å². The number of carbonyl (C=O) groups is 1. The first-order valence-electron chi connectivity index (χ1n) is 6.12. The summed E-state index contributed by atoms with van der Waals surface area (Å²) in [7, 11) is 0. The molecule has 0 saturated heterocycles. The molecule has 1 fully saturated rings. The van der Waals surface area contributed by atoms with Crippen LogP contribution in [0.1, 0.15) is 36.8 Å². The first-order chi connectivity index (χ1) is 8.12. The largest absolute Gasteiger partial charge is 0.481 e. The Hall–Kier alpha value is -0.830. The summed E-state index contributed by atoms with van der Waals surface area (Å²) in [6.45, 7) is 0. The highest BCUT2D eigenvalue weighted by atomic mass is 79.9. The molecule has 90 valence electrons. The second-order valence-corrected chi connectivity index (χ2v) is 6.23. The van der Waals surface area contributed by atoms with Gasteiger partial charge in [0.2, 0.25) is 0 Å². The highest BCUT2D eigenvalue weighted by Crippen LogP contribution is 2.61. The quantitative estimate of drug-likeness (QED) is 0.906. The van der Waals surface area contributed by atoms with Crippen molar-refractivity contribution in [3.8, 4) is 0 Å². The molecule has 0 aromatic heterocycles. The van der Waals surface area contributed by atoms with Crippen molar-refractivity contribution in [2.24, 2.45) is 5.92 Å². The van der Waals surface area contributed by atoms with Crippen molar-refractivity contribution in [2.45, 2.75) is 37.5 Å². The molecular weight excluding hydrogens is 280 g/mol. The van der Waals surface area contributed by atoms with Gasteiger partial charge >= 0.3 is 5.97 Å². The van der Waals surface area contributed by atoms with Gasteiger partial charge in [-0.05, 0) is 60.3 Å². The van der Waals surface area contributed by atoms with Gasteiger partial charge in [0, 0.05) is 10.9 Å². The normalized spacial score (nSPS) is 30.1. The fraction of sp³-hybridized carbons (Fsp3) is 0.500. The van der Waals surface area contributed by atoms with Crippen LogP contribution in [0.25, 0.3) is 0 Å². The lowest BCUT2D eigenvalue weighted by molar-refractivity contribution is -0.137. The van der Waals surface area contributed by atoms with E-state index in [-0.39, 0.29) is 5.41 Å². The van der Waals surface area contributed by atoms with Crippen LogP contribution < -0.4 is 0 Å². The molecule has 2 nitrogen and oxygen atoms in total. The van der Waals surface area contributed by atoms with Crippen molar-refractivity contribution in [3.05, 3.63) is 33.8 Å². The van der Waals surface area contributed by atoms with E-state index in [4.69, 9.17) is 5.11 Å². The van der Waals surface area contributed by atoms with Crippen molar-refractivity contribution in [3.63, 3.8) is 0 Å². The van der Waals surface area contributed by atoms with E-state index < -0.39 is 5.97 Å². The molecule has 0 radical (unpaired) electrons. The number of aryl methyl sites for hydroxylation is 1. The van der Waals surface area contributed by atoms with Crippen LogP contribution in [0.5, 0.6) is 0 Å². The van der Waals surface area contributed by atoms with Gasteiger partial charge in [0.25, 0.3) is 0 Å². The molecule has 0 aliphatic heterocycles. The van der Waals surface area contributed by atoms with Crippen LogP contribution in [-0.2, 0) is 16.6 Å². The third-order valence-electron chi connectivity index (χ3n) is 4.33. The maximum Gasteiger partial charge on any atom is 0.303 e. The van der Waals surface area contributed by atoms with E-state index in [2.05, 4.69) is 34.1 Å². The van der Waals surface area contributed by atoms with Crippen LogP contribution in [0.4, 0.5) is 0 Å². The Bertz CT molecular complexity index is 483. The van der Waals surface area contributed by atoms with Gasteiger partial charge < -0.3 is 5.11 Å². The summed E-state index contributed by atoms with van der Waals surface area (Å²) in [6, 6.07) is 6.48. The summed E-state index contributed by atoms with van der Waals surface area (Å²) in [5, 5.41) is 8.92. The molecule has 0 heterocycles. The third kappa shape index (κ3) is 1.81. The summed E-state index contributed by atoms with van der Waals surface area (Å²) in [5.41, 5.74) is 3.03. The van der Waals surface area contributed by atoms with Crippen molar-refractivity contribution < 1.29 is 9.90 Å². The van der Waals surface area contributed by atoms with E-state index in [0.717, 1.165) is 17.3 Å². The number of aliphatic carboxylic acids is 1. The zero-order valence-corrected chi connectivity index (χ0v) is 11.2. The molecule has 1 spiro atoms. The molecule has 2 aliphatic carbocycles. The monoisotopic (exact) mass is 294 g/mol. The minimum atomic E-state index is -0.656. The molecule has 0 bridgehead atoms. The van der Waals surface area contributed by atoms with E-state index in [1.165, 1.54) is 24.0 Å². The summed E-state index contributed by atoms with van der Waals surface area (Å²) < 4.78 is 1.13. The van der Waals surface area contributed by atoms with Gasteiger partial charge in [-0.3, -0.25) is 4.79 Å². The molecule has 2 aliphatic rings. The average molecular weight is 295 g/mol. The molecule has 0 amide bonds. The van der Waals surface area contributed by atoms with Crippen LogP contribution >= 0.6 is 15.9 Å². The van der Waals surface area contributed by atoms with Crippen LogP contribution in [0.3, 0.4) is 0 Å². The zero-order chi connectivity index (χ0) is 12.0. The number of carboxylic acids is 1. The molecule has 2 atom stereocenters. The highest BCUT2D eigenvalue weighted by Gasteiger charge is 2.56. The van der Waals surface area contributed by atoms with E-state index in [0.29, 0.717) is 12.3 Å². The summed E-state index contributed by atoms with van der Waals surface area (Å²) >= 11 is 3.51. The molecule has 1 aromatic carbocycles. The lowest BCUT2D eigenvalue weighted by Crippen LogP contribution is -2.19. The minimum Gasteiger partial charge on any atom is -0.481 e. The second-order valence-electron chi connectivity index (χ2n) is 5.31. The smallest absolute Gasteiger partial charge is 0.303 e. The first kappa shape index (κ1) is 11.3. The number of benzene rings is 1. The first-order valence-corrected chi connectivity index (χ1v) is 6.92. The Morgan fingerprint density at radius 2 is 2.35 bits per heavy atom. The maximum atomic E-state index is 10.8. The Kier molecular flexibility index (Phi) is 2.54. The molecular formula is C14H15BrO2. The van der Waals surface area contributed by atoms with Gasteiger partial charge in [-0.1, -0.05) is 22.0 Å². The second kappa shape index (κ2) is 3.84. The van der Waals surface area contributed by atoms with Gasteiger partial charge in [0.1, 0.15) is 0 Å². The van der Waals surface area contributed by atoms with Gasteiger partial charge in [0.15, 0.2) is 0 Å². The van der Waals surface area contributed by atoms with Crippen molar-refractivity contribution in [2.75, 3.05) is 0 Å². The number of fused-ring (bicyclic) bond motifs is 2. The Morgan fingerprint density at radius 1 is 1.53 bits per heavy atom. The standard InChI is InChI=1S/C14H15BrO2/c15-11-3-4-12-9(6-11)2-1-5-14(12)8-10(14)7-13(16)17/h3-4,6,10H,1-2,5,7-8H2,(H,16,17). The lowest BCUT2D eigenvalue weighted by Gasteiger charge is -2.26. The van der Waals surface area contributed by atoms with Gasteiger partial charge in [-0.15, -0.1) is 0 Å². The van der Waals surface area contributed by atoms with Crippen molar-refractivity contribution in [1.82, 2.24) is 0 Å². The lowest BCUT2D eigenvalue weighted by atomic mass is 9.78. The van der Waals surface area contributed by atoms with E-state index in [1.807, 2.05) is 0 Å². The number of hydrogen-bond acceptors (Lipinski definition) is 1. The van der Waals surface area contributed by atoms with Crippen molar-refractivity contribution >= 4 is 21.9 Å². The highest BCUT2D eigenvalue weighted by molar-refractivity contribution is 9.10. The fourth-order valence-electron chi connectivity index (χ4n) is 3.48. The predicted octanol–water partition coefficient (Wildman–Crippen LogP) is 3.52. The predicted molar refractivity (Wildman–Crippen MR) is 69.1 cm³/mol. The number of rotatable bonds is 2. The van der Waals surface area contributed by atoms with Gasteiger partial charge in [0.05, 0.1) is 0 Å². The molecule has 3 heteroatoms. The Balaban J connectivity index is 1.94. The number of hydrogen-bond donors (Lipinski definition) is 1. The maximum absolute atomic E-state index is 10.8. The van der Waals surface area contributed by atoms with Gasteiger partial charge in [-0.2, -0.15) is 0 Å². The van der Waals surface area contributed by atoms with E-state index in [1.54, 1.807) is 0 Å².